The number of methoxy groups -OCH3 is 1. The van der Waals surface area contributed by atoms with Gasteiger partial charge in [-0.3, -0.25) is 4.79 Å². The smallest absolute Gasteiger partial charge is 0.307 e. The number of halogens is 2. The molecule has 0 heterocycles. The second-order valence-electron chi connectivity index (χ2n) is 3.35. The summed E-state index contributed by atoms with van der Waals surface area (Å²) in [4.78, 5) is 12.5. The number of rotatable bonds is 4. The van der Waals surface area contributed by atoms with Gasteiger partial charge in [0, 0.05) is 25.3 Å². The van der Waals surface area contributed by atoms with E-state index in [0.29, 0.717) is 12.2 Å². The largest absolute Gasteiger partial charge is 0.469 e. The van der Waals surface area contributed by atoms with E-state index in [1.807, 2.05) is 0 Å². The fourth-order valence-electron chi connectivity index (χ4n) is 1.21. The van der Waals surface area contributed by atoms with Crippen LogP contribution in [0.3, 0.4) is 0 Å². The molecule has 0 aliphatic carbocycles. The first-order valence-corrected chi connectivity index (χ1v) is 4.77. The lowest BCUT2D eigenvalue weighted by molar-refractivity contribution is -0.140. The summed E-state index contributed by atoms with van der Waals surface area (Å²) in [5.41, 5.74) is 0.516. The van der Waals surface area contributed by atoms with Gasteiger partial charge in [-0.15, -0.1) is 0 Å². The molecule has 3 nitrogen and oxygen atoms in total. The van der Waals surface area contributed by atoms with E-state index in [1.54, 1.807) is 11.9 Å². The Morgan fingerprint density at radius 2 is 2.06 bits per heavy atom. The highest BCUT2D eigenvalue weighted by Crippen LogP contribution is 2.16. The standard InChI is InChI=1S/C11H13F2NO2/c1-14(6-5-11(15)16-2)8-3-4-9(12)10(13)7-8/h3-4,7H,5-6H2,1-2H3. The van der Waals surface area contributed by atoms with Gasteiger partial charge in [-0.2, -0.15) is 0 Å². The maximum absolute atomic E-state index is 12.9. The molecule has 16 heavy (non-hydrogen) atoms. The first-order chi connectivity index (χ1) is 7.54. The molecule has 0 aromatic heterocycles. The zero-order chi connectivity index (χ0) is 12.1. The van der Waals surface area contributed by atoms with Gasteiger partial charge >= 0.3 is 5.97 Å². The Labute approximate surface area is 92.6 Å². The van der Waals surface area contributed by atoms with Gasteiger partial charge < -0.3 is 9.64 Å². The maximum atomic E-state index is 12.9. The Morgan fingerprint density at radius 1 is 1.38 bits per heavy atom. The van der Waals surface area contributed by atoms with Crippen molar-refractivity contribution in [3.63, 3.8) is 0 Å². The molecule has 0 fully saturated rings. The van der Waals surface area contributed by atoms with Crippen molar-refractivity contribution in [3.8, 4) is 0 Å². The summed E-state index contributed by atoms with van der Waals surface area (Å²) in [5, 5.41) is 0. The van der Waals surface area contributed by atoms with Gasteiger partial charge in [0.05, 0.1) is 13.5 Å². The van der Waals surface area contributed by atoms with Gasteiger partial charge in [0.1, 0.15) is 0 Å². The minimum absolute atomic E-state index is 0.200. The zero-order valence-electron chi connectivity index (χ0n) is 9.17. The first-order valence-electron chi connectivity index (χ1n) is 4.77. The molecule has 1 aromatic rings. The van der Waals surface area contributed by atoms with E-state index >= 15 is 0 Å². The van der Waals surface area contributed by atoms with Crippen LogP contribution in [-0.2, 0) is 9.53 Å². The molecule has 0 aliphatic rings. The number of hydrogen-bond acceptors (Lipinski definition) is 3. The predicted molar refractivity (Wildman–Crippen MR) is 56.3 cm³/mol. The van der Waals surface area contributed by atoms with Crippen LogP contribution >= 0.6 is 0 Å². The van der Waals surface area contributed by atoms with Crippen LogP contribution in [0.15, 0.2) is 18.2 Å². The fourth-order valence-corrected chi connectivity index (χ4v) is 1.21. The average Bonchev–Trinajstić information content (AvgIpc) is 2.29. The van der Waals surface area contributed by atoms with Crippen LogP contribution in [-0.4, -0.2) is 26.7 Å². The summed E-state index contributed by atoms with van der Waals surface area (Å²) in [7, 11) is 3.00. The van der Waals surface area contributed by atoms with E-state index in [9.17, 15) is 13.6 Å². The van der Waals surface area contributed by atoms with Crippen molar-refractivity contribution < 1.29 is 18.3 Å². The Kier molecular flexibility index (Phi) is 4.22. The number of esters is 1. The monoisotopic (exact) mass is 229 g/mol. The van der Waals surface area contributed by atoms with Crippen LogP contribution in [0, 0.1) is 11.6 Å². The van der Waals surface area contributed by atoms with Crippen molar-refractivity contribution in [2.75, 3.05) is 25.6 Å². The molecule has 5 heteroatoms. The van der Waals surface area contributed by atoms with E-state index in [0.717, 1.165) is 12.1 Å². The van der Waals surface area contributed by atoms with Crippen molar-refractivity contribution in [1.82, 2.24) is 0 Å². The maximum Gasteiger partial charge on any atom is 0.307 e. The van der Waals surface area contributed by atoms with Crippen LogP contribution in [0.25, 0.3) is 0 Å². The molecule has 1 rings (SSSR count). The summed E-state index contributed by atoms with van der Waals surface area (Å²) in [6.07, 6.45) is 0.200. The van der Waals surface area contributed by atoms with Crippen LogP contribution in [0.4, 0.5) is 14.5 Å². The van der Waals surface area contributed by atoms with Crippen LogP contribution in [0.1, 0.15) is 6.42 Å². The third-order valence-electron chi connectivity index (χ3n) is 2.22. The van der Waals surface area contributed by atoms with Crippen molar-refractivity contribution in [2.24, 2.45) is 0 Å². The highest BCUT2D eigenvalue weighted by atomic mass is 19.2. The van der Waals surface area contributed by atoms with E-state index in [-0.39, 0.29) is 12.4 Å². The quantitative estimate of drug-likeness (QED) is 0.739. The van der Waals surface area contributed by atoms with Gasteiger partial charge in [-0.05, 0) is 12.1 Å². The molecule has 0 saturated heterocycles. The topological polar surface area (TPSA) is 29.5 Å². The number of benzene rings is 1. The molecule has 0 aliphatic heterocycles. The van der Waals surface area contributed by atoms with Crippen molar-refractivity contribution in [2.45, 2.75) is 6.42 Å². The summed E-state index contributed by atoms with van der Waals surface area (Å²) in [6, 6.07) is 3.60. The van der Waals surface area contributed by atoms with E-state index < -0.39 is 11.6 Å². The summed E-state index contributed by atoms with van der Waals surface area (Å²) < 4.78 is 30.1. The Morgan fingerprint density at radius 3 is 2.62 bits per heavy atom. The zero-order valence-corrected chi connectivity index (χ0v) is 9.17. The minimum atomic E-state index is -0.901. The molecule has 1 aromatic carbocycles. The second kappa shape index (κ2) is 5.44. The van der Waals surface area contributed by atoms with Gasteiger partial charge in [0.25, 0.3) is 0 Å². The number of nitrogens with zero attached hydrogens (tertiary/aromatic N) is 1. The second-order valence-corrected chi connectivity index (χ2v) is 3.35. The average molecular weight is 229 g/mol. The summed E-state index contributed by atoms with van der Waals surface area (Å²) in [6.45, 7) is 0.387. The van der Waals surface area contributed by atoms with Gasteiger partial charge in [-0.25, -0.2) is 8.78 Å². The Balaban J connectivity index is 2.62. The molecule has 0 N–H and O–H groups in total. The fraction of sp³-hybridized carbons (Fsp3) is 0.364. The van der Waals surface area contributed by atoms with Crippen molar-refractivity contribution in [1.29, 1.82) is 0 Å². The molecular weight excluding hydrogens is 216 g/mol. The molecule has 0 bridgehead atoms. The number of ether oxygens (including phenoxy) is 1. The third-order valence-corrected chi connectivity index (χ3v) is 2.22. The highest BCUT2D eigenvalue weighted by Gasteiger charge is 2.08. The molecule has 0 radical (unpaired) electrons. The minimum Gasteiger partial charge on any atom is -0.469 e. The molecule has 0 saturated carbocycles. The normalized spacial score (nSPS) is 10.0. The lowest BCUT2D eigenvalue weighted by Gasteiger charge is -2.18. The Hall–Kier alpha value is -1.65. The molecule has 0 amide bonds. The molecule has 0 atom stereocenters. The number of carbonyl (C=O) groups excluding carboxylic acids is 1. The highest BCUT2D eigenvalue weighted by molar-refractivity contribution is 5.70. The van der Waals surface area contributed by atoms with E-state index in [1.165, 1.54) is 13.2 Å². The molecule has 0 unspecified atom stereocenters. The number of hydrogen-bond donors (Lipinski definition) is 0. The van der Waals surface area contributed by atoms with E-state index in [2.05, 4.69) is 4.74 Å². The lowest BCUT2D eigenvalue weighted by atomic mass is 10.2. The number of anilines is 1. The number of carbonyl (C=O) groups is 1. The SMILES string of the molecule is COC(=O)CCN(C)c1ccc(F)c(F)c1. The van der Waals surface area contributed by atoms with Gasteiger partial charge in [-0.1, -0.05) is 0 Å². The first kappa shape index (κ1) is 12.4. The van der Waals surface area contributed by atoms with Crippen LogP contribution in [0.2, 0.25) is 0 Å². The molecular formula is C11H13F2NO2. The van der Waals surface area contributed by atoms with Crippen molar-refractivity contribution in [3.05, 3.63) is 29.8 Å². The summed E-state index contributed by atoms with van der Waals surface area (Å²) in [5.74, 6) is -2.12. The molecule has 88 valence electrons. The predicted octanol–water partition coefficient (Wildman–Crippen LogP) is 1.96. The lowest BCUT2D eigenvalue weighted by Crippen LogP contribution is -2.21. The third kappa shape index (κ3) is 3.18. The molecule has 0 spiro atoms. The van der Waals surface area contributed by atoms with Crippen LogP contribution in [0.5, 0.6) is 0 Å². The van der Waals surface area contributed by atoms with E-state index in [4.69, 9.17) is 0 Å². The van der Waals surface area contributed by atoms with Gasteiger partial charge in [0.2, 0.25) is 0 Å². The van der Waals surface area contributed by atoms with Crippen LogP contribution < -0.4 is 4.90 Å². The van der Waals surface area contributed by atoms with Gasteiger partial charge in [0.15, 0.2) is 11.6 Å². The summed E-state index contributed by atoms with van der Waals surface area (Å²) >= 11 is 0. The van der Waals surface area contributed by atoms with Crippen molar-refractivity contribution >= 4 is 11.7 Å². The Bertz CT molecular complexity index is 382.